The number of benzene rings is 6. The van der Waals surface area contributed by atoms with Gasteiger partial charge in [0.05, 0.1) is 22.4 Å². The van der Waals surface area contributed by atoms with Crippen LogP contribution in [0.5, 0.6) is 0 Å². The molecule has 6 aromatic carbocycles. The quantitative estimate of drug-likeness (QED) is 0.156. The molecular weight excluding hydrogens is 851 g/mol. The van der Waals surface area contributed by atoms with Crippen molar-refractivity contribution >= 4 is 33.0 Å². The van der Waals surface area contributed by atoms with Gasteiger partial charge in [0.1, 0.15) is 5.58 Å². The maximum Gasteiger partial charge on any atom is 0.121 e. The molecule has 275 valence electrons. The molecule has 3 aromatic heterocycles. The maximum absolute atomic E-state index is 8.39. The van der Waals surface area contributed by atoms with Crippen molar-refractivity contribution in [3.63, 3.8) is 0 Å². The average Bonchev–Trinajstić information content (AvgIpc) is 3.82. The monoisotopic (exact) mass is 900 g/mol. The van der Waals surface area contributed by atoms with E-state index >= 15 is 0 Å². The van der Waals surface area contributed by atoms with Crippen LogP contribution >= 0.6 is 0 Å². The van der Waals surface area contributed by atoms with Gasteiger partial charge in [-0.1, -0.05) is 130 Å². The Hall–Kier alpha value is -5.61. The van der Waals surface area contributed by atoms with Gasteiger partial charge in [-0.05, 0) is 70.4 Å². The largest absolute Gasteiger partial charge is 0.501 e. The summed E-state index contributed by atoms with van der Waals surface area (Å²) in [5.41, 5.74) is 11.2. The zero-order chi connectivity index (χ0) is 42.3. The predicted octanol–water partition coefficient (Wildman–Crippen LogP) is 13.5. The van der Waals surface area contributed by atoms with Gasteiger partial charge in [0, 0.05) is 45.6 Å². The summed E-state index contributed by atoms with van der Waals surface area (Å²) in [4.78, 5) is 9.29. The summed E-state index contributed by atoms with van der Waals surface area (Å²) in [5, 5.41) is 1.34. The topological polar surface area (TPSA) is 43.9 Å². The fraction of sp³-hybridized carbons (Fsp3) is 0.160. The van der Waals surface area contributed by atoms with Crippen LogP contribution < -0.4 is 0 Å². The Kier molecular flexibility index (Phi) is 8.93. The molecule has 0 N–H and O–H groups in total. The van der Waals surface area contributed by atoms with Crippen LogP contribution in [0.1, 0.15) is 70.0 Å². The minimum atomic E-state index is -2.35. The molecule has 0 unspecified atom stereocenters. The SMILES string of the molecule is [2H]C([2H])([2H])c1c[c-]c(-c2nc3ccccc3n2-c2c(C(C)C)cccc2C(C)C)c2oc3cc(-c4ccccc4)ccc3c12.[2H]C([2H])([2H])c1ccc(-c2[c-]cccc2)nc1.[Ir]. The van der Waals surface area contributed by atoms with Crippen molar-refractivity contribution in [2.45, 2.75) is 53.2 Å². The number of rotatable bonds is 6. The smallest absolute Gasteiger partial charge is 0.121 e. The van der Waals surface area contributed by atoms with E-state index in [2.05, 4.69) is 85.8 Å². The second kappa shape index (κ2) is 16.0. The van der Waals surface area contributed by atoms with Crippen LogP contribution in [0, 0.1) is 25.8 Å². The summed E-state index contributed by atoms with van der Waals surface area (Å²) >= 11 is 0. The first-order valence-electron chi connectivity index (χ1n) is 21.2. The summed E-state index contributed by atoms with van der Waals surface area (Å²) < 4.78 is 55.7. The summed E-state index contributed by atoms with van der Waals surface area (Å²) in [5.74, 6) is 1.20. The second-order valence-electron chi connectivity index (χ2n) is 14.0. The summed E-state index contributed by atoms with van der Waals surface area (Å²) in [7, 11) is 0. The Balaban J connectivity index is 0.000000278. The van der Waals surface area contributed by atoms with E-state index in [1.807, 2.05) is 72.8 Å². The zero-order valence-corrected chi connectivity index (χ0v) is 33.4. The van der Waals surface area contributed by atoms with Crippen LogP contribution in [0.25, 0.3) is 72.4 Å². The first kappa shape index (κ1) is 30.7. The van der Waals surface area contributed by atoms with Crippen molar-refractivity contribution in [1.82, 2.24) is 14.5 Å². The predicted molar refractivity (Wildman–Crippen MR) is 224 cm³/mol. The van der Waals surface area contributed by atoms with Crippen molar-refractivity contribution in [3.8, 4) is 39.5 Å². The van der Waals surface area contributed by atoms with Gasteiger partial charge in [0.2, 0.25) is 0 Å². The molecule has 0 fully saturated rings. The standard InChI is InChI=1S/C38H33N2O.C12H10N.Ir/c1-23(2)28-14-11-15-29(24(3)4)36(28)40-33-17-10-9-16-32(33)39-38(40)31-20-18-25(5)35-30-21-19-27(22-34(30)41-37(31)35)26-12-7-6-8-13-26;1-10-7-8-12(13-9-10)11-5-3-2-4-6-11;/h6-19,21-24H,1-5H3;2-5,7-9H,1H3;/q2*-1;/i5D3;1D3;. The average molecular weight is 900 g/mol. The third-order valence-electron chi connectivity index (χ3n) is 9.75. The number of imidazole rings is 1. The minimum absolute atomic E-state index is 0. The molecule has 3 heterocycles. The molecule has 9 aromatic rings. The first-order chi connectivity index (χ1) is 28.7. The zero-order valence-electron chi connectivity index (χ0n) is 37.0. The number of fused-ring (bicyclic) bond motifs is 4. The Morgan fingerprint density at radius 2 is 1.49 bits per heavy atom. The molecule has 5 heteroatoms. The van der Waals surface area contributed by atoms with E-state index in [0.29, 0.717) is 27.9 Å². The van der Waals surface area contributed by atoms with Gasteiger partial charge < -0.3 is 14.0 Å². The van der Waals surface area contributed by atoms with E-state index in [0.717, 1.165) is 44.5 Å². The number of furan rings is 1. The molecule has 4 nitrogen and oxygen atoms in total. The molecule has 0 aliphatic carbocycles. The van der Waals surface area contributed by atoms with Crippen molar-refractivity contribution in [2.24, 2.45) is 0 Å². The fourth-order valence-electron chi connectivity index (χ4n) is 7.09. The maximum atomic E-state index is 8.39. The summed E-state index contributed by atoms with van der Waals surface area (Å²) in [6.07, 6.45) is 1.39. The minimum Gasteiger partial charge on any atom is -0.501 e. The molecular formula is C50H43IrN3O-2. The van der Waals surface area contributed by atoms with E-state index in [4.69, 9.17) is 17.6 Å². The van der Waals surface area contributed by atoms with Crippen LogP contribution in [0.15, 0.2) is 144 Å². The van der Waals surface area contributed by atoms with Crippen LogP contribution in [0.4, 0.5) is 0 Å². The number of pyridine rings is 1. The number of hydrogen-bond donors (Lipinski definition) is 0. The fourth-order valence-corrected chi connectivity index (χ4v) is 7.09. The Labute approximate surface area is 345 Å². The van der Waals surface area contributed by atoms with Gasteiger partial charge >= 0.3 is 0 Å². The molecule has 1 radical (unpaired) electrons. The third-order valence-corrected chi connectivity index (χ3v) is 9.75. The van der Waals surface area contributed by atoms with E-state index in [1.165, 1.54) is 17.3 Å². The van der Waals surface area contributed by atoms with E-state index in [9.17, 15) is 0 Å². The van der Waals surface area contributed by atoms with Crippen molar-refractivity contribution in [1.29, 1.82) is 0 Å². The van der Waals surface area contributed by atoms with Crippen LogP contribution in [-0.2, 0) is 20.1 Å². The molecule has 0 atom stereocenters. The molecule has 0 saturated carbocycles. The Bertz CT molecular complexity index is 2930. The molecule has 0 amide bonds. The van der Waals surface area contributed by atoms with Crippen molar-refractivity contribution < 1.29 is 32.7 Å². The molecule has 0 aliphatic heterocycles. The van der Waals surface area contributed by atoms with E-state index in [1.54, 1.807) is 24.3 Å². The van der Waals surface area contributed by atoms with Gasteiger partial charge in [-0.2, -0.15) is 0 Å². The van der Waals surface area contributed by atoms with Crippen LogP contribution in [0.2, 0.25) is 0 Å². The molecule has 0 spiro atoms. The van der Waals surface area contributed by atoms with Gasteiger partial charge in [-0.15, -0.1) is 53.6 Å². The second-order valence-corrected chi connectivity index (χ2v) is 14.0. The van der Waals surface area contributed by atoms with Gasteiger partial charge in [0.15, 0.2) is 0 Å². The number of hydrogen-bond acceptors (Lipinski definition) is 3. The normalized spacial score (nSPS) is 13.3. The molecule has 0 aliphatic rings. The summed E-state index contributed by atoms with van der Waals surface area (Å²) in [6.45, 7) is 4.40. The Morgan fingerprint density at radius 3 is 2.18 bits per heavy atom. The van der Waals surface area contributed by atoms with E-state index < -0.39 is 13.7 Å². The van der Waals surface area contributed by atoms with Gasteiger partial charge in [-0.25, -0.2) is 0 Å². The third kappa shape index (κ3) is 7.31. The molecule has 9 rings (SSSR count). The molecule has 0 saturated heterocycles. The molecule has 55 heavy (non-hydrogen) atoms. The number of para-hydroxylation sites is 3. The van der Waals surface area contributed by atoms with Gasteiger partial charge in [-0.3, -0.25) is 4.98 Å². The van der Waals surface area contributed by atoms with Crippen molar-refractivity contribution in [3.05, 3.63) is 174 Å². The van der Waals surface area contributed by atoms with Crippen LogP contribution in [-0.4, -0.2) is 14.5 Å². The van der Waals surface area contributed by atoms with Crippen molar-refractivity contribution in [2.75, 3.05) is 0 Å². The first-order valence-corrected chi connectivity index (χ1v) is 18.2. The van der Waals surface area contributed by atoms with Gasteiger partial charge in [0.25, 0.3) is 0 Å². The van der Waals surface area contributed by atoms with Crippen LogP contribution in [0.3, 0.4) is 0 Å². The van der Waals surface area contributed by atoms with E-state index in [-0.39, 0.29) is 43.1 Å². The number of nitrogens with zero attached hydrogens (tertiary/aromatic N) is 3. The number of aryl methyl sites for hydroxylation is 2. The Morgan fingerprint density at radius 1 is 0.727 bits per heavy atom. The molecule has 0 bridgehead atoms. The number of aromatic nitrogens is 3. The summed E-state index contributed by atoms with van der Waals surface area (Å²) in [6, 6.07) is 49.4.